The number of rotatable bonds is 7. The minimum atomic E-state index is -0.833. The fourth-order valence-corrected chi connectivity index (χ4v) is 2.52. The maximum absolute atomic E-state index is 12.3. The lowest BCUT2D eigenvalue weighted by molar-refractivity contribution is -0.145. The molecule has 136 valence electrons. The Hall–Kier alpha value is -2.47. The first-order valence-corrected chi connectivity index (χ1v) is 8.99. The molecule has 0 fully saturated rings. The normalized spacial score (nSPS) is 11.7. The Bertz CT molecular complexity index is 772. The summed E-state index contributed by atoms with van der Waals surface area (Å²) in [6.45, 7) is 3.23. The predicted molar refractivity (Wildman–Crippen MR) is 102 cm³/mol. The van der Waals surface area contributed by atoms with Crippen molar-refractivity contribution in [2.75, 3.05) is 6.61 Å². The summed E-state index contributed by atoms with van der Waals surface area (Å²) in [6.07, 6.45) is 0. The van der Waals surface area contributed by atoms with Crippen molar-refractivity contribution in [1.29, 1.82) is 0 Å². The molecule has 0 aliphatic rings. The Balaban J connectivity index is 1.96. The van der Waals surface area contributed by atoms with E-state index >= 15 is 0 Å². The van der Waals surface area contributed by atoms with Gasteiger partial charge in [0.15, 0.2) is 12.4 Å². The number of hydrogen-bond donors (Lipinski definition) is 1. The quantitative estimate of drug-likeness (QED) is 0.551. The van der Waals surface area contributed by atoms with Crippen LogP contribution >= 0.6 is 15.9 Å². The highest BCUT2D eigenvalue weighted by Gasteiger charge is 2.26. The molecule has 26 heavy (non-hydrogen) atoms. The molecule has 0 aliphatic carbocycles. The molecule has 5 nitrogen and oxygen atoms in total. The van der Waals surface area contributed by atoms with E-state index in [-0.39, 0.29) is 24.2 Å². The van der Waals surface area contributed by atoms with E-state index in [1.54, 1.807) is 68.4 Å². The van der Waals surface area contributed by atoms with Gasteiger partial charge < -0.3 is 10.1 Å². The van der Waals surface area contributed by atoms with Gasteiger partial charge in [-0.1, -0.05) is 60.1 Å². The molecule has 0 aromatic heterocycles. The van der Waals surface area contributed by atoms with Crippen molar-refractivity contribution in [2.24, 2.45) is 5.92 Å². The number of amides is 1. The molecule has 1 atom stereocenters. The van der Waals surface area contributed by atoms with Crippen molar-refractivity contribution < 1.29 is 19.1 Å². The lowest BCUT2D eigenvalue weighted by Crippen LogP contribution is -2.45. The van der Waals surface area contributed by atoms with Gasteiger partial charge in [0, 0.05) is 15.6 Å². The average molecular weight is 418 g/mol. The summed E-state index contributed by atoms with van der Waals surface area (Å²) >= 11 is 3.30. The zero-order valence-corrected chi connectivity index (χ0v) is 16.2. The third kappa shape index (κ3) is 5.52. The highest BCUT2D eigenvalue weighted by Crippen LogP contribution is 2.12. The summed E-state index contributed by atoms with van der Waals surface area (Å²) in [4.78, 5) is 36.7. The van der Waals surface area contributed by atoms with Crippen LogP contribution in [0, 0.1) is 5.92 Å². The standard InChI is InChI=1S/C20H20BrNO4/c1-13(2)18(22-19(24)15-6-4-3-5-7-15)20(25)26-12-17(23)14-8-10-16(21)11-9-14/h3-11,13,18H,12H2,1-2H3,(H,22,24)/t18-/m1/s1. The summed E-state index contributed by atoms with van der Waals surface area (Å²) in [7, 11) is 0. The van der Waals surface area contributed by atoms with Crippen LogP contribution in [0.25, 0.3) is 0 Å². The largest absolute Gasteiger partial charge is 0.456 e. The minimum Gasteiger partial charge on any atom is -0.456 e. The molecule has 0 radical (unpaired) electrons. The van der Waals surface area contributed by atoms with Gasteiger partial charge in [-0.25, -0.2) is 4.79 Å². The molecular weight excluding hydrogens is 398 g/mol. The molecule has 0 saturated carbocycles. The van der Waals surface area contributed by atoms with Crippen molar-refractivity contribution >= 4 is 33.6 Å². The third-order valence-electron chi connectivity index (χ3n) is 3.75. The van der Waals surface area contributed by atoms with Crippen LogP contribution in [0.5, 0.6) is 0 Å². The second-order valence-corrected chi connectivity index (χ2v) is 7.01. The zero-order chi connectivity index (χ0) is 19.1. The Kier molecular flexibility index (Phi) is 7.09. The van der Waals surface area contributed by atoms with Gasteiger partial charge in [0.25, 0.3) is 5.91 Å². The fourth-order valence-electron chi connectivity index (χ4n) is 2.26. The molecule has 0 saturated heterocycles. The van der Waals surface area contributed by atoms with Crippen LogP contribution in [0.4, 0.5) is 0 Å². The van der Waals surface area contributed by atoms with Crippen LogP contribution in [0.3, 0.4) is 0 Å². The first-order valence-electron chi connectivity index (χ1n) is 8.20. The Labute approximate surface area is 160 Å². The number of carbonyl (C=O) groups excluding carboxylic acids is 3. The van der Waals surface area contributed by atoms with E-state index in [1.165, 1.54) is 0 Å². The Morgan fingerprint density at radius 2 is 1.58 bits per heavy atom. The number of ketones is 1. The van der Waals surface area contributed by atoms with Crippen molar-refractivity contribution in [2.45, 2.75) is 19.9 Å². The van der Waals surface area contributed by atoms with Gasteiger partial charge >= 0.3 is 5.97 Å². The first kappa shape index (κ1) is 19.8. The molecule has 0 aliphatic heterocycles. The molecule has 1 N–H and O–H groups in total. The van der Waals surface area contributed by atoms with Crippen molar-refractivity contribution in [3.05, 3.63) is 70.2 Å². The molecular formula is C20H20BrNO4. The van der Waals surface area contributed by atoms with Gasteiger partial charge in [-0.3, -0.25) is 9.59 Å². The monoisotopic (exact) mass is 417 g/mol. The number of ether oxygens (including phenoxy) is 1. The van der Waals surface area contributed by atoms with E-state index in [0.29, 0.717) is 11.1 Å². The second kappa shape index (κ2) is 9.29. The molecule has 0 heterocycles. The molecule has 0 bridgehead atoms. The molecule has 2 aromatic carbocycles. The SMILES string of the molecule is CC(C)[C@@H](NC(=O)c1ccccc1)C(=O)OCC(=O)c1ccc(Br)cc1. The second-order valence-electron chi connectivity index (χ2n) is 6.10. The summed E-state index contributed by atoms with van der Waals surface area (Å²) in [6, 6.07) is 14.6. The van der Waals surface area contributed by atoms with Crippen LogP contribution in [-0.2, 0) is 9.53 Å². The molecule has 2 aromatic rings. The maximum atomic E-state index is 12.3. The number of Topliss-reactive ketones (excluding diaryl/α,β-unsaturated/α-hetero) is 1. The van der Waals surface area contributed by atoms with Gasteiger partial charge in [-0.05, 0) is 30.2 Å². The van der Waals surface area contributed by atoms with Gasteiger partial charge in [0.1, 0.15) is 6.04 Å². The number of carbonyl (C=O) groups is 3. The number of esters is 1. The van der Waals surface area contributed by atoms with Crippen LogP contribution in [0.1, 0.15) is 34.6 Å². The zero-order valence-electron chi connectivity index (χ0n) is 14.6. The van der Waals surface area contributed by atoms with E-state index in [0.717, 1.165) is 4.47 Å². The molecule has 0 spiro atoms. The van der Waals surface area contributed by atoms with Gasteiger partial charge in [0.2, 0.25) is 0 Å². The van der Waals surface area contributed by atoms with E-state index in [4.69, 9.17) is 4.74 Å². The van der Waals surface area contributed by atoms with Crippen LogP contribution in [0.2, 0.25) is 0 Å². The van der Waals surface area contributed by atoms with Crippen molar-refractivity contribution in [3.8, 4) is 0 Å². The van der Waals surface area contributed by atoms with Crippen molar-refractivity contribution in [1.82, 2.24) is 5.32 Å². The van der Waals surface area contributed by atoms with Gasteiger partial charge in [0.05, 0.1) is 0 Å². The number of benzene rings is 2. The first-order chi connectivity index (χ1) is 12.4. The lowest BCUT2D eigenvalue weighted by Gasteiger charge is -2.20. The third-order valence-corrected chi connectivity index (χ3v) is 4.28. The predicted octanol–water partition coefficient (Wildman–Crippen LogP) is 3.63. The van der Waals surface area contributed by atoms with E-state index in [2.05, 4.69) is 21.2 Å². The molecule has 6 heteroatoms. The number of hydrogen-bond acceptors (Lipinski definition) is 4. The summed E-state index contributed by atoms with van der Waals surface area (Å²) in [5.74, 6) is -1.48. The lowest BCUT2D eigenvalue weighted by atomic mass is 10.0. The number of halogens is 1. The van der Waals surface area contributed by atoms with E-state index < -0.39 is 12.0 Å². The van der Waals surface area contributed by atoms with Gasteiger partial charge in [-0.15, -0.1) is 0 Å². The van der Waals surface area contributed by atoms with Crippen LogP contribution in [-0.4, -0.2) is 30.3 Å². The van der Waals surface area contributed by atoms with Crippen LogP contribution < -0.4 is 5.32 Å². The highest BCUT2D eigenvalue weighted by molar-refractivity contribution is 9.10. The number of nitrogens with one attached hydrogen (secondary N) is 1. The average Bonchev–Trinajstić information content (AvgIpc) is 2.64. The summed E-state index contributed by atoms with van der Waals surface area (Å²) < 4.78 is 5.99. The minimum absolute atomic E-state index is 0.182. The molecule has 1 amide bonds. The highest BCUT2D eigenvalue weighted by atomic mass is 79.9. The Morgan fingerprint density at radius 1 is 0.962 bits per heavy atom. The summed E-state index contributed by atoms with van der Waals surface area (Å²) in [5.41, 5.74) is 0.910. The van der Waals surface area contributed by atoms with E-state index in [9.17, 15) is 14.4 Å². The topological polar surface area (TPSA) is 72.5 Å². The summed E-state index contributed by atoms with van der Waals surface area (Å²) in [5, 5.41) is 2.67. The smallest absolute Gasteiger partial charge is 0.329 e. The van der Waals surface area contributed by atoms with Crippen molar-refractivity contribution in [3.63, 3.8) is 0 Å². The van der Waals surface area contributed by atoms with Crippen LogP contribution in [0.15, 0.2) is 59.1 Å². The Morgan fingerprint density at radius 3 is 2.15 bits per heavy atom. The van der Waals surface area contributed by atoms with Gasteiger partial charge in [-0.2, -0.15) is 0 Å². The fraction of sp³-hybridized carbons (Fsp3) is 0.250. The van der Waals surface area contributed by atoms with E-state index in [1.807, 2.05) is 0 Å². The molecule has 2 rings (SSSR count). The molecule has 0 unspecified atom stereocenters. The maximum Gasteiger partial charge on any atom is 0.329 e.